The number of methoxy groups -OCH3 is 1. The molecule has 0 spiro atoms. The standard InChI is InChI=1S/C22H26FN3O4/c1-4-13-26(14-5-2)15-9-8-12-19(22(29)30-3)25-21(28)16-20(27)24-18-11-7-6-10-17(18)23/h1-2,6-7,10-11,19H,8-9,12-16H2,3H3,(H,24,27)(H,25,28). The summed E-state index contributed by atoms with van der Waals surface area (Å²) in [4.78, 5) is 38.0. The summed E-state index contributed by atoms with van der Waals surface area (Å²) in [7, 11) is 1.22. The van der Waals surface area contributed by atoms with Gasteiger partial charge in [-0.1, -0.05) is 24.0 Å². The van der Waals surface area contributed by atoms with Crippen molar-refractivity contribution in [2.75, 3.05) is 32.1 Å². The molecule has 0 aliphatic rings. The molecule has 0 saturated heterocycles. The van der Waals surface area contributed by atoms with Crippen LogP contribution < -0.4 is 10.6 Å². The lowest BCUT2D eigenvalue weighted by Gasteiger charge is -2.19. The number of carbonyl (C=O) groups excluding carboxylic acids is 3. The van der Waals surface area contributed by atoms with E-state index in [1.54, 1.807) is 6.07 Å². The van der Waals surface area contributed by atoms with Gasteiger partial charge < -0.3 is 15.4 Å². The fourth-order valence-electron chi connectivity index (χ4n) is 2.70. The average Bonchev–Trinajstić information content (AvgIpc) is 2.71. The van der Waals surface area contributed by atoms with Gasteiger partial charge in [0.05, 0.1) is 25.9 Å². The Morgan fingerprint density at radius 3 is 2.40 bits per heavy atom. The van der Waals surface area contributed by atoms with Crippen molar-refractivity contribution in [1.29, 1.82) is 0 Å². The number of rotatable bonds is 12. The third kappa shape index (κ3) is 9.22. The van der Waals surface area contributed by atoms with Crippen molar-refractivity contribution >= 4 is 23.5 Å². The quantitative estimate of drug-likeness (QED) is 0.234. The SMILES string of the molecule is C#CCN(CC#C)CCCCC(NC(=O)CC(=O)Nc1ccccc1F)C(=O)OC. The fourth-order valence-corrected chi connectivity index (χ4v) is 2.70. The Morgan fingerprint density at radius 1 is 1.13 bits per heavy atom. The summed E-state index contributed by atoms with van der Waals surface area (Å²) in [5.41, 5.74) is -0.0247. The number of anilines is 1. The van der Waals surface area contributed by atoms with Crippen LogP contribution in [-0.4, -0.2) is 55.5 Å². The third-order valence-corrected chi connectivity index (χ3v) is 4.14. The Hall–Kier alpha value is -3.36. The second kappa shape index (κ2) is 13.8. The van der Waals surface area contributed by atoms with Crippen molar-refractivity contribution in [1.82, 2.24) is 10.2 Å². The highest BCUT2D eigenvalue weighted by atomic mass is 19.1. The maximum absolute atomic E-state index is 13.6. The Morgan fingerprint density at radius 2 is 1.80 bits per heavy atom. The van der Waals surface area contributed by atoms with E-state index < -0.39 is 36.1 Å². The van der Waals surface area contributed by atoms with Crippen molar-refractivity contribution in [3.8, 4) is 24.7 Å². The Kier molecular flexibility index (Phi) is 11.3. The zero-order valence-corrected chi connectivity index (χ0v) is 16.9. The predicted octanol–water partition coefficient (Wildman–Crippen LogP) is 1.55. The van der Waals surface area contributed by atoms with E-state index in [-0.39, 0.29) is 5.69 Å². The van der Waals surface area contributed by atoms with Gasteiger partial charge in [0.15, 0.2) is 0 Å². The van der Waals surface area contributed by atoms with Gasteiger partial charge in [0.25, 0.3) is 0 Å². The summed E-state index contributed by atoms with van der Waals surface area (Å²) in [6, 6.07) is 4.72. The van der Waals surface area contributed by atoms with Crippen molar-refractivity contribution in [2.45, 2.75) is 31.7 Å². The van der Waals surface area contributed by atoms with Gasteiger partial charge in [-0.15, -0.1) is 12.8 Å². The van der Waals surface area contributed by atoms with E-state index in [2.05, 4.69) is 22.5 Å². The van der Waals surface area contributed by atoms with E-state index in [1.165, 1.54) is 25.3 Å². The zero-order valence-electron chi connectivity index (χ0n) is 16.9. The van der Waals surface area contributed by atoms with Gasteiger partial charge in [-0.05, 0) is 31.4 Å². The number of halogens is 1. The minimum absolute atomic E-state index is 0.0247. The molecule has 1 atom stereocenters. The van der Waals surface area contributed by atoms with Gasteiger partial charge in [-0.25, -0.2) is 9.18 Å². The molecule has 2 N–H and O–H groups in total. The first-order valence-electron chi connectivity index (χ1n) is 9.42. The average molecular weight is 415 g/mol. The highest BCUT2D eigenvalue weighted by Gasteiger charge is 2.22. The molecule has 30 heavy (non-hydrogen) atoms. The van der Waals surface area contributed by atoms with Gasteiger partial charge in [-0.2, -0.15) is 0 Å². The Labute approximate surface area is 176 Å². The van der Waals surface area contributed by atoms with Gasteiger partial charge in [0, 0.05) is 6.54 Å². The van der Waals surface area contributed by atoms with Crippen LogP contribution >= 0.6 is 0 Å². The lowest BCUT2D eigenvalue weighted by atomic mass is 10.1. The highest BCUT2D eigenvalue weighted by Crippen LogP contribution is 2.12. The number of nitrogens with one attached hydrogen (secondary N) is 2. The number of esters is 1. The summed E-state index contributed by atoms with van der Waals surface area (Å²) >= 11 is 0. The maximum atomic E-state index is 13.6. The number of para-hydroxylation sites is 1. The van der Waals surface area contributed by atoms with E-state index in [9.17, 15) is 18.8 Å². The van der Waals surface area contributed by atoms with Crippen LogP contribution in [0.25, 0.3) is 0 Å². The molecule has 0 aliphatic heterocycles. The van der Waals surface area contributed by atoms with E-state index in [0.717, 1.165) is 0 Å². The first-order valence-corrected chi connectivity index (χ1v) is 9.42. The number of amides is 2. The molecule has 1 unspecified atom stereocenters. The first kappa shape index (κ1) is 24.7. The molecule has 7 nitrogen and oxygen atoms in total. The van der Waals surface area contributed by atoms with Crippen LogP contribution in [0.2, 0.25) is 0 Å². The minimum atomic E-state index is -0.891. The molecule has 0 heterocycles. The molecular weight excluding hydrogens is 389 g/mol. The normalized spacial score (nSPS) is 11.1. The van der Waals surface area contributed by atoms with Crippen LogP contribution in [0.4, 0.5) is 10.1 Å². The minimum Gasteiger partial charge on any atom is -0.467 e. The number of hydrogen-bond donors (Lipinski definition) is 2. The second-order valence-electron chi connectivity index (χ2n) is 6.46. The molecule has 8 heteroatoms. The van der Waals surface area contributed by atoms with E-state index in [0.29, 0.717) is 38.9 Å². The number of unbranched alkanes of at least 4 members (excludes halogenated alkanes) is 1. The lowest BCUT2D eigenvalue weighted by Crippen LogP contribution is -2.42. The smallest absolute Gasteiger partial charge is 0.328 e. The third-order valence-electron chi connectivity index (χ3n) is 4.14. The lowest BCUT2D eigenvalue weighted by molar-refractivity contribution is -0.145. The number of hydrogen-bond acceptors (Lipinski definition) is 5. The topological polar surface area (TPSA) is 87.7 Å². The predicted molar refractivity (Wildman–Crippen MR) is 112 cm³/mol. The summed E-state index contributed by atoms with van der Waals surface area (Å²) in [6.07, 6.45) is 11.7. The number of nitrogens with zero attached hydrogens (tertiary/aromatic N) is 1. The summed E-state index contributed by atoms with van der Waals surface area (Å²) < 4.78 is 18.3. The summed E-state index contributed by atoms with van der Waals surface area (Å²) in [5.74, 6) is 2.49. The number of terminal acetylenes is 2. The molecule has 0 bridgehead atoms. The maximum Gasteiger partial charge on any atom is 0.328 e. The molecule has 2 amide bonds. The molecule has 0 aromatic heterocycles. The molecule has 1 aromatic rings. The number of carbonyl (C=O) groups is 3. The van der Waals surface area contributed by atoms with E-state index in [4.69, 9.17) is 17.6 Å². The van der Waals surface area contributed by atoms with Gasteiger partial charge >= 0.3 is 5.97 Å². The monoisotopic (exact) mass is 415 g/mol. The van der Waals surface area contributed by atoms with Crippen LogP contribution in [0, 0.1) is 30.5 Å². The van der Waals surface area contributed by atoms with E-state index >= 15 is 0 Å². The van der Waals surface area contributed by atoms with Gasteiger partial charge in [-0.3, -0.25) is 14.5 Å². The molecule has 0 fully saturated rings. The van der Waals surface area contributed by atoms with Crippen molar-refractivity contribution in [2.24, 2.45) is 0 Å². The van der Waals surface area contributed by atoms with E-state index in [1.807, 2.05) is 4.90 Å². The van der Waals surface area contributed by atoms with Crippen molar-refractivity contribution < 1.29 is 23.5 Å². The largest absolute Gasteiger partial charge is 0.467 e. The molecular formula is C22H26FN3O4. The summed E-state index contributed by atoms with van der Waals surface area (Å²) in [5, 5.41) is 4.81. The highest BCUT2D eigenvalue weighted by molar-refractivity contribution is 6.04. The van der Waals surface area contributed by atoms with Gasteiger partial charge in [0.2, 0.25) is 11.8 Å². The van der Waals surface area contributed by atoms with Crippen LogP contribution in [0.3, 0.4) is 0 Å². The van der Waals surface area contributed by atoms with Crippen molar-refractivity contribution in [3.63, 3.8) is 0 Å². The number of ether oxygens (including phenoxy) is 1. The first-order chi connectivity index (χ1) is 14.4. The Bertz CT molecular complexity index is 797. The summed E-state index contributed by atoms with van der Waals surface area (Å²) in [6.45, 7) is 1.51. The molecule has 1 rings (SSSR count). The van der Waals surface area contributed by atoms with Gasteiger partial charge in [0.1, 0.15) is 18.3 Å². The molecule has 0 saturated carbocycles. The van der Waals surface area contributed by atoms with Crippen LogP contribution in [0.1, 0.15) is 25.7 Å². The van der Waals surface area contributed by atoms with Crippen molar-refractivity contribution in [3.05, 3.63) is 30.1 Å². The fraction of sp³-hybridized carbons (Fsp3) is 0.409. The molecule has 160 valence electrons. The molecule has 0 aliphatic carbocycles. The second-order valence-corrected chi connectivity index (χ2v) is 6.46. The van der Waals surface area contributed by atoms with Crippen LogP contribution in [0.5, 0.6) is 0 Å². The van der Waals surface area contributed by atoms with Crippen LogP contribution in [-0.2, 0) is 19.1 Å². The Balaban J connectivity index is 2.51. The molecule has 0 radical (unpaired) electrons. The molecule has 1 aromatic carbocycles. The zero-order chi connectivity index (χ0) is 22.4. The number of benzene rings is 1. The van der Waals surface area contributed by atoms with Crippen LogP contribution in [0.15, 0.2) is 24.3 Å².